The molecule has 0 bridgehead atoms. The molecule has 2 rings (SSSR count). The van der Waals surface area contributed by atoms with Gasteiger partial charge in [-0.1, -0.05) is 12.1 Å². The molecule has 0 aliphatic carbocycles. The van der Waals surface area contributed by atoms with Gasteiger partial charge in [-0.15, -0.1) is 0 Å². The molecule has 1 N–H and O–H groups in total. The Labute approximate surface area is 124 Å². The van der Waals surface area contributed by atoms with Gasteiger partial charge in [0.2, 0.25) is 0 Å². The second kappa shape index (κ2) is 6.07. The van der Waals surface area contributed by atoms with Crippen LogP contribution in [0.5, 0.6) is 0 Å². The highest BCUT2D eigenvalue weighted by molar-refractivity contribution is 5.60. The van der Waals surface area contributed by atoms with Gasteiger partial charge in [0.25, 0.3) is 0 Å². The summed E-state index contributed by atoms with van der Waals surface area (Å²) in [6.45, 7) is 5.77. The number of nitriles is 2. The zero-order valence-corrected chi connectivity index (χ0v) is 12.3. The van der Waals surface area contributed by atoms with Crippen LogP contribution in [-0.4, -0.2) is 4.98 Å². The molecule has 1 aromatic carbocycles. The summed E-state index contributed by atoms with van der Waals surface area (Å²) in [6.07, 6.45) is 0. The van der Waals surface area contributed by atoms with Crippen LogP contribution in [0.15, 0.2) is 30.3 Å². The lowest BCUT2D eigenvalue weighted by Crippen LogP contribution is -2.09. The molecule has 1 unspecified atom stereocenters. The molecular weight excluding hydrogens is 260 g/mol. The van der Waals surface area contributed by atoms with Crippen molar-refractivity contribution < 1.29 is 0 Å². The smallest absolute Gasteiger partial charge is 0.103 e. The lowest BCUT2D eigenvalue weighted by Gasteiger charge is -2.18. The number of hydrogen-bond donors (Lipinski definition) is 1. The van der Waals surface area contributed by atoms with Crippen molar-refractivity contribution in [3.8, 4) is 12.1 Å². The van der Waals surface area contributed by atoms with Crippen LogP contribution < -0.4 is 5.32 Å². The number of anilines is 1. The molecule has 0 saturated heterocycles. The Balaban J connectivity index is 2.29. The summed E-state index contributed by atoms with van der Waals surface area (Å²) >= 11 is 0. The van der Waals surface area contributed by atoms with Crippen LogP contribution in [0.3, 0.4) is 0 Å². The van der Waals surface area contributed by atoms with Gasteiger partial charge in [-0.2, -0.15) is 10.5 Å². The highest BCUT2D eigenvalue weighted by atomic mass is 14.9. The summed E-state index contributed by atoms with van der Waals surface area (Å²) in [4.78, 5) is 4.31. The van der Waals surface area contributed by atoms with E-state index in [0.29, 0.717) is 11.1 Å². The van der Waals surface area contributed by atoms with Crippen molar-refractivity contribution in [3.05, 3.63) is 58.4 Å². The summed E-state index contributed by atoms with van der Waals surface area (Å²) in [7, 11) is 0. The van der Waals surface area contributed by atoms with E-state index in [1.807, 2.05) is 39.0 Å². The molecule has 0 fully saturated rings. The molecule has 0 amide bonds. The van der Waals surface area contributed by atoms with Crippen LogP contribution in [0, 0.1) is 36.5 Å². The SMILES string of the molecule is Cc1cc(NC(C)c2ccc(C#N)cc2)c(C#N)c(C)n1. The second-order valence-corrected chi connectivity index (χ2v) is 4.98. The molecule has 1 aromatic heterocycles. The zero-order valence-electron chi connectivity index (χ0n) is 12.3. The van der Waals surface area contributed by atoms with Crippen LogP contribution in [0.2, 0.25) is 0 Å². The molecule has 0 saturated carbocycles. The van der Waals surface area contributed by atoms with Crippen molar-refractivity contribution in [2.75, 3.05) is 5.32 Å². The van der Waals surface area contributed by atoms with Gasteiger partial charge in [-0.25, -0.2) is 0 Å². The Bertz CT molecular complexity index is 733. The number of pyridine rings is 1. The lowest BCUT2D eigenvalue weighted by atomic mass is 10.0. The molecule has 4 nitrogen and oxygen atoms in total. The van der Waals surface area contributed by atoms with Crippen molar-refractivity contribution in [1.29, 1.82) is 10.5 Å². The Kier molecular flexibility index (Phi) is 4.21. The van der Waals surface area contributed by atoms with Crippen LogP contribution in [0.4, 0.5) is 5.69 Å². The number of aryl methyl sites for hydroxylation is 2. The number of benzene rings is 1. The van der Waals surface area contributed by atoms with Crippen molar-refractivity contribution in [2.45, 2.75) is 26.8 Å². The van der Waals surface area contributed by atoms with Gasteiger partial charge in [0, 0.05) is 11.7 Å². The fourth-order valence-electron chi connectivity index (χ4n) is 2.25. The van der Waals surface area contributed by atoms with Gasteiger partial charge in [-0.05, 0) is 44.5 Å². The maximum absolute atomic E-state index is 9.28. The van der Waals surface area contributed by atoms with Crippen molar-refractivity contribution in [3.63, 3.8) is 0 Å². The first-order valence-electron chi connectivity index (χ1n) is 6.70. The van der Waals surface area contributed by atoms with E-state index < -0.39 is 0 Å². The van der Waals surface area contributed by atoms with Gasteiger partial charge in [0.15, 0.2) is 0 Å². The molecular formula is C17H16N4. The summed E-state index contributed by atoms with van der Waals surface area (Å²) in [6, 6.07) is 13.6. The van der Waals surface area contributed by atoms with Crippen LogP contribution in [0.25, 0.3) is 0 Å². The minimum atomic E-state index is 0.0334. The molecule has 0 spiro atoms. The zero-order chi connectivity index (χ0) is 15.4. The first kappa shape index (κ1) is 14.6. The molecule has 21 heavy (non-hydrogen) atoms. The van der Waals surface area contributed by atoms with Crippen molar-refractivity contribution >= 4 is 5.69 Å². The van der Waals surface area contributed by atoms with Crippen LogP contribution >= 0.6 is 0 Å². The Morgan fingerprint density at radius 3 is 2.33 bits per heavy atom. The molecule has 0 aliphatic heterocycles. The van der Waals surface area contributed by atoms with E-state index >= 15 is 0 Å². The maximum atomic E-state index is 9.28. The van der Waals surface area contributed by atoms with Crippen LogP contribution in [-0.2, 0) is 0 Å². The van der Waals surface area contributed by atoms with E-state index in [-0.39, 0.29) is 6.04 Å². The molecule has 2 aromatic rings. The monoisotopic (exact) mass is 276 g/mol. The summed E-state index contributed by atoms with van der Waals surface area (Å²) in [5.41, 5.74) is 4.66. The lowest BCUT2D eigenvalue weighted by molar-refractivity contribution is 0.880. The summed E-state index contributed by atoms with van der Waals surface area (Å²) in [5, 5.41) is 21.5. The molecule has 104 valence electrons. The topological polar surface area (TPSA) is 72.5 Å². The highest BCUT2D eigenvalue weighted by Crippen LogP contribution is 2.24. The van der Waals surface area contributed by atoms with Crippen molar-refractivity contribution in [2.24, 2.45) is 0 Å². The number of nitrogens with zero attached hydrogens (tertiary/aromatic N) is 3. The van der Waals surface area contributed by atoms with Gasteiger partial charge >= 0.3 is 0 Å². The number of hydrogen-bond acceptors (Lipinski definition) is 4. The molecule has 1 atom stereocenters. The second-order valence-electron chi connectivity index (χ2n) is 4.98. The average Bonchev–Trinajstić information content (AvgIpc) is 2.47. The Morgan fingerprint density at radius 1 is 1.10 bits per heavy atom. The average molecular weight is 276 g/mol. The van der Waals surface area contributed by atoms with E-state index in [1.165, 1.54) is 0 Å². The Hall–Kier alpha value is -2.85. The van der Waals surface area contributed by atoms with Crippen molar-refractivity contribution in [1.82, 2.24) is 4.98 Å². The summed E-state index contributed by atoms with van der Waals surface area (Å²) in [5.74, 6) is 0. The fourth-order valence-corrected chi connectivity index (χ4v) is 2.25. The quantitative estimate of drug-likeness (QED) is 0.929. The maximum Gasteiger partial charge on any atom is 0.103 e. The number of aromatic nitrogens is 1. The first-order valence-corrected chi connectivity index (χ1v) is 6.70. The third-order valence-corrected chi connectivity index (χ3v) is 3.35. The largest absolute Gasteiger partial charge is 0.377 e. The molecule has 0 radical (unpaired) electrons. The normalized spacial score (nSPS) is 11.3. The van der Waals surface area contributed by atoms with E-state index in [0.717, 1.165) is 22.6 Å². The number of nitrogens with one attached hydrogen (secondary N) is 1. The molecule has 4 heteroatoms. The van der Waals surface area contributed by atoms with Crippen LogP contribution in [0.1, 0.15) is 41.0 Å². The van der Waals surface area contributed by atoms with Gasteiger partial charge < -0.3 is 5.32 Å². The van der Waals surface area contributed by atoms with E-state index in [1.54, 1.807) is 12.1 Å². The summed E-state index contributed by atoms with van der Waals surface area (Å²) < 4.78 is 0. The minimum Gasteiger partial charge on any atom is -0.377 e. The van der Waals surface area contributed by atoms with Gasteiger partial charge in [0.1, 0.15) is 6.07 Å². The van der Waals surface area contributed by atoms with E-state index in [4.69, 9.17) is 5.26 Å². The highest BCUT2D eigenvalue weighted by Gasteiger charge is 2.12. The number of rotatable bonds is 3. The van der Waals surface area contributed by atoms with Gasteiger partial charge in [0.05, 0.1) is 28.6 Å². The standard InChI is InChI=1S/C17H16N4/c1-11-8-17(16(10-19)13(3)20-11)21-12(2)15-6-4-14(9-18)5-7-15/h4-8,12H,1-3H3,(H,20,21). The minimum absolute atomic E-state index is 0.0334. The fraction of sp³-hybridized carbons (Fsp3) is 0.235. The van der Waals surface area contributed by atoms with Gasteiger partial charge in [-0.3, -0.25) is 4.98 Å². The molecule has 0 aliphatic rings. The molecule has 1 heterocycles. The third kappa shape index (κ3) is 3.19. The Morgan fingerprint density at radius 2 is 1.76 bits per heavy atom. The predicted octanol–water partition coefficient (Wildman–Crippen LogP) is 3.61. The van der Waals surface area contributed by atoms with E-state index in [9.17, 15) is 5.26 Å². The predicted molar refractivity (Wildman–Crippen MR) is 81.6 cm³/mol. The third-order valence-electron chi connectivity index (χ3n) is 3.35. The van der Waals surface area contributed by atoms with E-state index in [2.05, 4.69) is 22.4 Å². The first-order chi connectivity index (χ1) is 10.0.